The van der Waals surface area contributed by atoms with Crippen LogP contribution in [-0.2, 0) is 12.8 Å². The molecule has 0 radical (unpaired) electrons. The van der Waals surface area contributed by atoms with E-state index in [9.17, 15) is 17.6 Å². The number of nitriles is 1. The Labute approximate surface area is 185 Å². The van der Waals surface area contributed by atoms with E-state index in [1.807, 2.05) is 31.2 Å². The summed E-state index contributed by atoms with van der Waals surface area (Å²) in [6.07, 6.45) is 2.53. The van der Waals surface area contributed by atoms with Crippen LogP contribution in [0.3, 0.4) is 0 Å². The molecule has 1 nitrogen and oxygen atoms in total. The van der Waals surface area contributed by atoms with E-state index in [1.165, 1.54) is 18.2 Å². The highest BCUT2D eigenvalue weighted by Crippen LogP contribution is 2.28. The van der Waals surface area contributed by atoms with Crippen molar-refractivity contribution in [3.63, 3.8) is 0 Å². The third-order valence-corrected chi connectivity index (χ3v) is 5.33. The van der Waals surface area contributed by atoms with E-state index in [2.05, 4.69) is 0 Å². The maximum absolute atomic E-state index is 14.2. The molecular weight excluding hydrogens is 414 g/mol. The molecule has 32 heavy (non-hydrogen) atoms. The van der Waals surface area contributed by atoms with Gasteiger partial charge in [0.15, 0.2) is 5.83 Å². The third kappa shape index (κ3) is 5.64. The minimum atomic E-state index is -0.849. The van der Waals surface area contributed by atoms with Gasteiger partial charge in [-0.05, 0) is 53.6 Å². The molecule has 3 aromatic rings. The molecule has 164 valence electrons. The quantitative estimate of drug-likeness (QED) is 0.327. The Balaban J connectivity index is 1.66. The predicted octanol–water partition coefficient (Wildman–Crippen LogP) is 8.09. The molecule has 0 amide bonds. The molecule has 0 aliphatic carbocycles. The number of benzene rings is 3. The maximum Gasteiger partial charge on any atom is 0.161 e. The normalized spacial score (nSPS) is 11.8. The fourth-order valence-electron chi connectivity index (χ4n) is 3.44. The summed E-state index contributed by atoms with van der Waals surface area (Å²) < 4.78 is 55.6. The minimum absolute atomic E-state index is 0.104. The summed E-state index contributed by atoms with van der Waals surface area (Å²) in [7, 11) is 0. The first-order chi connectivity index (χ1) is 15.4. The largest absolute Gasteiger partial charge is 0.209 e. The van der Waals surface area contributed by atoms with Gasteiger partial charge in [0.25, 0.3) is 0 Å². The van der Waals surface area contributed by atoms with Crippen LogP contribution in [0.2, 0.25) is 0 Å². The molecule has 0 saturated carbocycles. The number of allylic oxidation sites excluding steroid dienone is 1. The van der Waals surface area contributed by atoms with Crippen LogP contribution in [0.4, 0.5) is 17.6 Å². The molecule has 3 rings (SSSR count). The second-order valence-corrected chi connectivity index (χ2v) is 7.64. The Kier molecular flexibility index (Phi) is 7.83. The standard InChI is InChI=1S/C27H23F4N/c1-2-3-4-24(28)27(31)22-13-11-21(12-14-22)20-9-7-18(8-10-20)5-6-19-15-25(29)23(17-32)26(30)16-19/h7-16H,2-6H2,1H3/b27-24+. The van der Waals surface area contributed by atoms with Crippen molar-refractivity contribution in [1.29, 1.82) is 5.26 Å². The van der Waals surface area contributed by atoms with Gasteiger partial charge < -0.3 is 0 Å². The van der Waals surface area contributed by atoms with Crippen molar-refractivity contribution in [2.45, 2.75) is 39.0 Å². The van der Waals surface area contributed by atoms with Crippen molar-refractivity contribution in [2.24, 2.45) is 0 Å². The minimum Gasteiger partial charge on any atom is -0.209 e. The van der Waals surface area contributed by atoms with E-state index < -0.39 is 28.9 Å². The molecule has 3 aromatic carbocycles. The van der Waals surface area contributed by atoms with Gasteiger partial charge in [0, 0.05) is 12.0 Å². The van der Waals surface area contributed by atoms with Gasteiger partial charge in [-0.2, -0.15) is 5.26 Å². The number of hydrogen-bond acceptors (Lipinski definition) is 1. The fraction of sp³-hybridized carbons (Fsp3) is 0.222. The van der Waals surface area contributed by atoms with Gasteiger partial charge in [0.1, 0.15) is 29.1 Å². The molecule has 0 spiro atoms. The molecule has 0 aliphatic heterocycles. The molecule has 0 heterocycles. The number of halogens is 4. The molecule has 0 N–H and O–H groups in total. The summed E-state index contributed by atoms with van der Waals surface area (Å²) in [5.74, 6) is -3.22. The molecule has 0 fully saturated rings. The van der Waals surface area contributed by atoms with Gasteiger partial charge in [-0.15, -0.1) is 0 Å². The first-order valence-corrected chi connectivity index (χ1v) is 10.5. The molecule has 0 aromatic heterocycles. The Morgan fingerprint density at radius 1 is 0.812 bits per heavy atom. The lowest BCUT2D eigenvalue weighted by atomic mass is 9.99. The zero-order valence-corrected chi connectivity index (χ0v) is 17.8. The lowest BCUT2D eigenvalue weighted by Gasteiger charge is -2.07. The molecule has 0 saturated heterocycles. The maximum atomic E-state index is 14.2. The van der Waals surface area contributed by atoms with Gasteiger partial charge in [-0.3, -0.25) is 0 Å². The van der Waals surface area contributed by atoms with Crippen LogP contribution in [0, 0.1) is 23.0 Å². The van der Waals surface area contributed by atoms with Crippen molar-refractivity contribution in [3.05, 3.63) is 100 Å². The lowest BCUT2D eigenvalue weighted by Crippen LogP contribution is -1.97. The molecular formula is C27H23F4N. The van der Waals surface area contributed by atoms with Gasteiger partial charge >= 0.3 is 0 Å². The van der Waals surface area contributed by atoms with E-state index >= 15 is 0 Å². The molecule has 0 aliphatic rings. The topological polar surface area (TPSA) is 23.8 Å². The number of nitrogens with zero attached hydrogens (tertiary/aromatic N) is 1. The highest BCUT2D eigenvalue weighted by molar-refractivity contribution is 5.68. The Hall–Kier alpha value is -3.39. The smallest absolute Gasteiger partial charge is 0.161 e. The van der Waals surface area contributed by atoms with E-state index in [0.717, 1.165) is 23.1 Å². The molecule has 0 atom stereocenters. The van der Waals surface area contributed by atoms with Crippen LogP contribution in [0.25, 0.3) is 17.0 Å². The average Bonchev–Trinajstić information content (AvgIpc) is 2.81. The zero-order chi connectivity index (χ0) is 23.1. The van der Waals surface area contributed by atoms with Crippen molar-refractivity contribution in [1.82, 2.24) is 0 Å². The highest BCUT2D eigenvalue weighted by Gasteiger charge is 2.11. The van der Waals surface area contributed by atoms with Gasteiger partial charge in [0.05, 0.1) is 0 Å². The number of rotatable bonds is 8. The summed E-state index contributed by atoms with van der Waals surface area (Å²) >= 11 is 0. The van der Waals surface area contributed by atoms with Crippen molar-refractivity contribution >= 4 is 5.83 Å². The van der Waals surface area contributed by atoms with Gasteiger partial charge in [0.2, 0.25) is 0 Å². The number of hydrogen-bond donors (Lipinski definition) is 0. The van der Waals surface area contributed by atoms with Gasteiger partial charge in [-0.1, -0.05) is 61.9 Å². The van der Waals surface area contributed by atoms with Crippen molar-refractivity contribution in [3.8, 4) is 17.2 Å². The van der Waals surface area contributed by atoms with Gasteiger partial charge in [-0.25, -0.2) is 17.6 Å². The van der Waals surface area contributed by atoms with Crippen LogP contribution in [0.1, 0.15) is 48.4 Å². The summed E-state index contributed by atoms with van der Waals surface area (Å²) in [5, 5.41) is 8.75. The van der Waals surface area contributed by atoms with Crippen LogP contribution in [0.5, 0.6) is 0 Å². The average molecular weight is 437 g/mol. The zero-order valence-electron chi connectivity index (χ0n) is 17.8. The number of aryl methyl sites for hydroxylation is 2. The van der Waals surface area contributed by atoms with E-state index in [1.54, 1.807) is 24.3 Å². The second kappa shape index (κ2) is 10.8. The predicted molar refractivity (Wildman–Crippen MR) is 119 cm³/mol. The Morgan fingerprint density at radius 3 is 1.88 bits per heavy atom. The summed E-state index contributed by atoms with van der Waals surface area (Å²) in [6.45, 7) is 1.93. The lowest BCUT2D eigenvalue weighted by molar-refractivity contribution is 0.548. The summed E-state index contributed by atoms with van der Waals surface area (Å²) in [6, 6.07) is 18.2. The highest BCUT2D eigenvalue weighted by atomic mass is 19.2. The van der Waals surface area contributed by atoms with Crippen LogP contribution in [-0.4, -0.2) is 0 Å². The first-order valence-electron chi connectivity index (χ1n) is 10.5. The second-order valence-electron chi connectivity index (χ2n) is 7.64. The number of unbranched alkanes of at least 4 members (excludes halogenated alkanes) is 1. The van der Waals surface area contributed by atoms with E-state index in [0.29, 0.717) is 24.8 Å². The van der Waals surface area contributed by atoms with Crippen LogP contribution >= 0.6 is 0 Å². The Bertz CT molecular complexity index is 1120. The molecule has 0 unspecified atom stereocenters. The summed E-state index contributed by atoms with van der Waals surface area (Å²) in [4.78, 5) is 0. The molecule has 5 heteroatoms. The van der Waals surface area contributed by atoms with Crippen molar-refractivity contribution in [2.75, 3.05) is 0 Å². The first kappa shape index (κ1) is 23.3. The Morgan fingerprint density at radius 2 is 1.34 bits per heavy atom. The van der Waals surface area contributed by atoms with E-state index in [-0.39, 0.29) is 12.0 Å². The SMILES string of the molecule is CCCC/C(F)=C(\F)c1ccc(-c2ccc(CCc3cc(F)c(C#N)c(F)c3)cc2)cc1. The van der Waals surface area contributed by atoms with Crippen LogP contribution < -0.4 is 0 Å². The molecule has 0 bridgehead atoms. The summed E-state index contributed by atoms with van der Waals surface area (Å²) in [5.41, 5.74) is 2.93. The van der Waals surface area contributed by atoms with Crippen molar-refractivity contribution < 1.29 is 17.6 Å². The fourth-order valence-corrected chi connectivity index (χ4v) is 3.44. The van der Waals surface area contributed by atoms with E-state index in [4.69, 9.17) is 5.26 Å². The van der Waals surface area contributed by atoms with Crippen LogP contribution in [0.15, 0.2) is 66.5 Å². The third-order valence-electron chi connectivity index (χ3n) is 5.33. The monoisotopic (exact) mass is 437 g/mol.